The second kappa shape index (κ2) is 17.2. The van der Waals surface area contributed by atoms with E-state index in [1.807, 2.05) is 0 Å². The van der Waals surface area contributed by atoms with Crippen LogP contribution in [0.2, 0.25) is 0 Å². The van der Waals surface area contributed by atoms with Crippen molar-refractivity contribution in [3.63, 3.8) is 0 Å². The Labute approximate surface area is 364 Å². The summed E-state index contributed by atoms with van der Waals surface area (Å²) in [7, 11) is 6.51. The van der Waals surface area contributed by atoms with Crippen molar-refractivity contribution in [1.82, 2.24) is 15.1 Å². The van der Waals surface area contributed by atoms with Crippen LogP contribution in [0.25, 0.3) is 11.1 Å². The molecule has 0 radical (unpaired) electrons. The smallest absolute Gasteiger partial charge is 0.0672 e. The van der Waals surface area contributed by atoms with E-state index in [1.165, 1.54) is 70.3 Å². The van der Waals surface area contributed by atoms with Crippen LogP contribution in [0.15, 0.2) is 146 Å². The van der Waals surface area contributed by atoms with Gasteiger partial charge in [-0.25, -0.2) is 0 Å². The maximum absolute atomic E-state index is 3.31. The van der Waals surface area contributed by atoms with Crippen molar-refractivity contribution < 1.29 is 0 Å². The lowest BCUT2D eigenvalue weighted by Crippen LogP contribution is -2.46. The summed E-state index contributed by atoms with van der Waals surface area (Å²) in [6.45, 7) is 6.72. The molecule has 1 saturated heterocycles. The molecule has 3 aliphatic heterocycles. The summed E-state index contributed by atoms with van der Waals surface area (Å²) in [5.41, 5.74) is 21.6. The largest absolute Gasteiger partial charge is 0.362 e. The van der Waals surface area contributed by atoms with Crippen LogP contribution >= 0.6 is 0 Å². The van der Waals surface area contributed by atoms with Crippen LogP contribution in [0.4, 0.5) is 5.69 Å². The molecule has 13 rings (SSSR count). The van der Waals surface area contributed by atoms with Crippen LogP contribution in [-0.2, 0) is 18.3 Å². The number of nitrogens with zero attached hydrogens (tertiary/aromatic N) is 3. The molecule has 1 N–H and O–H groups in total. The van der Waals surface area contributed by atoms with E-state index in [4.69, 9.17) is 0 Å². The van der Waals surface area contributed by atoms with Gasteiger partial charge < -0.3 is 20.0 Å². The zero-order chi connectivity index (χ0) is 41.3. The Morgan fingerprint density at radius 2 is 1.15 bits per heavy atom. The average Bonchev–Trinajstić information content (AvgIpc) is 3.54. The fraction of sp³-hybridized carbons (Fsp3) is 0.333. The molecule has 0 saturated carbocycles. The first kappa shape index (κ1) is 39.9. The quantitative estimate of drug-likeness (QED) is 0.179. The SMILES string of the molecule is CN1CCC2=C(C1)c1ccccc1Cc1ccccc12.CN1CCN2c3ccccc3Cc3ccccc3C2C1.CNCCCC12CCC(c3ccccc31)c1ccccc12. The first-order chi connectivity index (χ1) is 30.0. The van der Waals surface area contributed by atoms with Gasteiger partial charge in [0, 0.05) is 49.7 Å². The number of benzene rings is 6. The monoisotopic (exact) mass is 802 g/mol. The molecule has 0 amide bonds. The summed E-state index contributed by atoms with van der Waals surface area (Å²) in [6, 6.07) is 54.6. The van der Waals surface area contributed by atoms with E-state index in [-0.39, 0.29) is 5.41 Å². The molecular formula is C57H62N4. The Morgan fingerprint density at radius 1 is 0.574 bits per heavy atom. The molecule has 7 aliphatic rings. The van der Waals surface area contributed by atoms with Gasteiger partial charge in [-0.05, 0) is 151 Å². The molecule has 4 nitrogen and oxygen atoms in total. The fourth-order valence-corrected chi connectivity index (χ4v) is 11.9. The minimum Gasteiger partial charge on any atom is -0.362 e. The fourth-order valence-electron chi connectivity index (χ4n) is 11.9. The van der Waals surface area contributed by atoms with Gasteiger partial charge in [0.05, 0.1) is 6.04 Å². The van der Waals surface area contributed by atoms with Crippen LogP contribution < -0.4 is 10.2 Å². The maximum Gasteiger partial charge on any atom is 0.0672 e. The van der Waals surface area contributed by atoms with E-state index < -0.39 is 0 Å². The van der Waals surface area contributed by atoms with Crippen LogP contribution in [0.5, 0.6) is 0 Å². The number of hydrogen-bond acceptors (Lipinski definition) is 4. The summed E-state index contributed by atoms with van der Waals surface area (Å²) in [5.74, 6) is 0.628. The van der Waals surface area contributed by atoms with Crippen molar-refractivity contribution in [2.45, 2.75) is 62.3 Å². The lowest BCUT2D eigenvalue weighted by atomic mass is 9.54. The van der Waals surface area contributed by atoms with Crippen molar-refractivity contribution in [2.75, 3.05) is 65.3 Å². The number of hydrogen-bond donors (Lipinski definition) is 1. The van der Waals surface area contributed by atoms with Gasteiger partial charge in [0.1, 0.15) is 0 Å². The second-order valence-corrected chi connectivity index (χ2v) is 18.5. The van der Waals surface area contributed by atoms with Gasteiger partial charge in [-0.3, -0.25) is 0 Å². The van der Waals surface area contributed by atoms with E-state index in [2.05, 4.69) is 187 Å². The van der Waals surface area contributed by atoms with Gasteiger partial charge in [0.15, 0.2) is 0 Å². The van der Waals surface area contributed by atoms with Gasteiger partial charge in [-0.15, -0.1) is 0 Å². The van der Waals surface area contributed by atoms with E-state index >= 15 is 0 Å². The standard InChI is InChI=1S/C20H23N.C19H19N.C18H20N2/c1-21-14-6-12-20-13-11-15(16-7-2-4-9-18(16)20)17-8-3-5-10-19(17)20;1-20-11-10-18-16-8-4-2-6-14(16)12-15-7-3-5-9-17(15)19(18)13-20;1-19-10-11-20-17-9-5-3-7-15(17)12-14-6-2-4-8-16(14)18(20)13-19/h2-5,7-10,15,21H,6,11-14H2,1H3;2-9H,10-13H2,1H3;2-9,18H,10-13H2,1H3. The third-order valence-electron chi connectivity index (χ3n) is 14.9. The molecule has 310 valence electrons. The van der Waals surface area contributed by atoms with Crippen molar-refractivity contribution >= 4 is 16.8 Å². The third kappa shape index (κ3) is 7.47. The Kier molecular flexibility index (Phi) is 11.3. The molecule has 1 unspecified atom stereocenters. The number of fused-ring (bicyclic) bond motifs is 10. The molecular weight excluding hydrogens is 741 g/mol. The molecule has 0 spiro atoms. The van der Waals surface area contributed by atoms with Crippen LogP contribution in [0.3, 0.4) is 0 Å². The molecule has 0 aromatic heterocycles. The van der Waals surface area contributed by atoms with Crippen LogP contribution in [0.1, 0.15) is 105 Å². The summed E-state index contributed by atoms with van der Waals surface area (Å²) in [6.07, 6.45) is 8.41. The molecule has 3 heterocycles. The number of nitrogens with one attached hydrogen (secondary N) is 1. The zero-order valence-electron chi connectivity index (χ0n) is 36.5. The average molecular weight is 803 g/mol. The lowest BCUT2D eigenvalue weighted by molar-refractivity contribution is 0.269. The minimum absolute atomic E-state index is 0.263. The molecule has 6 aromatic carbocycles. The van der Waals surface area contributed by atoms with Crippen molar-refractivity contribution in [2.24, 2.45) is 0 Å². The van der Waals surface area contributed by atoms with Gasteiger partial charge in [0.2, 0.25) is 0 Å². The van der Waals surface area contributed by atoms with E-state index in [9.17, 15) is 0 Å². The Balaban J connectivity index is 0.000000110. The van der Waals surface area contributed by atoms with Crippen molar-refractivity contribution in [3.8, 4) is 0 Å². The molecule has 6 aromatic rings. The van der Waals surface area contributed by atoms with E-state index in [0.717, 1.165) is 58.5 Å². The van der Waals surface area contributed by atoms with Crippen molar-refractivity contribution in [3.05, 3.63) is 207 Å². The molecule has 4 aliphatic carbocycles. The van der Waals surface area contributed by atoms with Gasteiger partial charge >= 0.3 is 0 Å². The number of piperazine rings is 1. The topological polar surface area (TPSA) is 21.8 Å². The highest BCUT2D eigenvalue weighted by atomic mass is 15.3. The van der Waals surface area contributed by atoms with Gasteiger partial charge in [0.25, 0.3) is 0 Å². The summed E-state index contributed by atoms with van der Waals surface area (Å²) in [5, 5.41) is 3.31. The number of rotatable bonds is 4. The highest BCUT2D eigenvalue weighted by Gasteiger charge is 2.47. The Bertz CT molecular complexity index is 2500. The Hall–Kier alpha value is -5.26. The molecule has 2 bridgehead atoms. The zero-order valence-corrected chi connectivity index (χ0v) is 36.5. The van der Waals surface area contributed by atoms with E-state index in [0.29, 0.717) is 12.0 Å². The first-order valence-electron chi connectivity index (χ1n) is 23.0. The molecule has 4 heteroatoms. The highest BCUT2D eigenvalue weighted by Crippen LogP contribution is 2.58. The first-order valence-corrected chi connectivity index (χ1v) is 23.0. The number of anilines is 1. The number of para-hydroxylation sites is 1. The molecule has 1 atom stereocenters. The maximum atomic E-state index is 3.31. The summed E-state index contributed by atoms with van der Waals surface area (Å²) < 4.78 is 0. The summed E-state index contributed by atoms with van der Waals surface area (Å²) >= 11 is 0. The van der Waals surface area contributed by atoms with E-state index in [1.54, 1.807) is 33.4 Å². The highest BCUT2D eigenvalue weighted by molar-refractivity contribution is 5.95. The predicted molar refractivity (Wildman–Crippen MR) is 256 cm³/mol. The van der Waals surface area contributed by atoms with Gasteiger partial charge in [-0.1, -0.05) is 140 Å². The number of likely N-dealkylation sites (N-methyl/N-ethyl adjacent to an activating group) is 2. The Morgan fingerprint density at radius 3 is 1.85 bits per heavy atom. The van der Waals surface area contributed by atoms with Crippen LogP contribution in [-0.4, -0.2) is 70.2 Å². The molecule has 61 heavy (non-hydrogen) atoms. The normalized spacial score (nSPS) is 21.8. The predicted octanol–water partition coefficient (Wildman–Crippen LogP) is 11.1. The third-order valence-corrected chi connectivity index (χ3v) is 14.9. The van der Waals surface area contributed by atoms with Gasteiger partial charge in [-0.2, -0.15) is 0 Å². The van der Waals surface area contributed by atoms with Crippen LogP contribution in [0, 0.1) is 0 Å². The second-order valence-electron chi connectivity index (χ2n) is 18.5. The summed E-state index contributed by atoms with van der Waals surface area (Å²) in [4.78, 5) is 7.50. The minimum atomic E-state index is 0.263. The lowest BCUT2D eigenvalue weighted by Gasteiger charge is -2.50. The van der Waals surface area contributed by atoms with Crippen molar-refractivity contribution in [1.29, 1.82) is 0 Å². The molecule has 1 fully saturated rings.